The van der Waals surface area contributed by atoms with Crippen LogP contribution in [0.15, 0.2) is 34.5 Å². The number of ether oxygens (including phenoxy) is 1. The van der Waals surface area contributed by atoms with Crippen LogP contribution in [-0.4, -0.2) is 36.0 Å². The standard InChI is InChI=1S/C20H20FN7O6/c1-4-26(7-5-6-22)19-9-14(23-12(2)29)15(10-20(19)34-3)24-25-16-8-13(21)17(27(30)31)11-18(16)28(32)33/h8-11H,4-5,7H2,1-3H3,(H,23,29). The number of hydrogen-bond donors (Lipinski definition) is 1. The minimum Gasteiger partial charge on any atom is -0.494 e. The summed E-state index contributed by atoms with van der Waals surface area (Å²) in [6.07, 6.45) is 0.239. The maximum Gasteiger partial charge on any atom is 0.311 e. The molecule has 0 unspecified atom stereocenters. The topological polar surface area (TPSA) is 176 Å². The summed E-state index contributed by atoms with van der Waals surface area (Å²) in [7, 11) is 1.40. The summed E-state index contributed by atoms with van der Waals surface area (Å²) in [6, 6.07) is 5.99. The van der Waals surface area contributed by atoms with E-state index in [0.717, 1.165) is 0 Å². The fourth-order valence-corrected chi connectivity index (χ4v) is 2.99. The van der Waals surface area contributed by atoms with Crippen molar-refractivity contribution in [1.29, 1.82) is 5.26 Å². The van der Waals surface area contributed by atoms with Gasteiger partial charge in [-0.2, -0.15) is 9.65 Å². The first-order valence-corrected chi connectivity index (χ1v) is 9.78. The summed E-state index contributed by atoms with van der Waals surface area (Å²) in [5.41, 5.74) is -1.71. The molecule has 34 heavy (non-hydrogen) atoms. The number of anilines is 2. The quantitative estimate of drug-likeness (QED) is 0.291. The van der Waals surface area contributed by atoms with Crippen molar-refractivity contribution in [2.45, 2.75) is 20.3 Å². The second kappa shape index (κ2) is 11.3. The number of nitro benzene ring substituents is 2. The number of amides is 1. The zero-order valence-corrected chi connectivity index (χ0v) is 18.4. The van der Waals surface area contributed by atoms with Crippen LogP contribution in [0.2, 0.25) is 0 Å². The maximum absolute atomic E-state index is 14.1. The molecule has 0 aromatic heterocycles. The Kier molecular flexibility index (Phi) is 8.48. The zero-order chi connectivity index (χ0) is 25.4. The van der Waals surface area contributed by atoms with Gasteiger partial charge in [-0.25, -0.2) is 0 Å². The van der Waals surface area contributed by atoms with E-state index in [4.69, 9.17) is 10.00 Å². The van der Waals surface area contributed by atoms with E-state index in [1.807, 2.05) is 11.8 Å². The molecule has 13 nitrogen and oxygen atoms in total. The van der Waals surface area contributed by atoms with Crippen molar-refractivity contribution in [3.63, 3.8) is 0 Å². The van der Waals surface area contributed by atoms with E-state index in [2.05, 4.69) is 21.6 Å². The SMILES string of the molecule is CCN(CCC#N)c1cc(NC(C)=O)c(N=Nc2cc(F)c([N+](=O)[O-])cc2[N+](=O)[O-])cc1OC. The Hall–Kier alpha value is -4.67. The lowest BCUT2D eigenvalue weighted by Crippen LogP contribution is -2.24. The van der Waals surface area contributed by atoms with Gasteiger partial charge in [-0.05, 0) is 13.0 Å². The number of nitrogens with one attached hydrogen (secondary N) is 1. The highest BCUT2D eigenvalue weighted by Crippen LogP contribution is 2.41. The normalized spacial score (nSPS) is 10.6. The smallest absolute Gasteiger partial charge is 0.311 e. The first-order valence-electron chi connectivity index (χ1n) is 9.78. The second-order valence-electron chi connectivity index (χ2n) is 6.72. The Labute approximate surface area is 192 Å². The maximum atomic E-state index is 14.1. The van der Waals surface area contributed by atoms with Crippen LogP contribution in [0.25, 0.3) is 0 Å². The number of carbonyl (C=O) groups excluding carboxylic acids is 1. The molecule has 0 fully saturated rings. The summed E-state index contributed by atoms with van der Waals surface area (Å²) in [5, 5.41) is 41.3. The average Bonchev–Trinajstić information content (AvgIpc) is 2.77. The number of hydrogen-bond acceptors (Lipinski definition) is 10. The first-order chi connectivity index (χ1) is 16.1. The molecule has 2 aromatic rings. The molecule has 1 amide bonds. The lowest BCUT2D eigenvalue weighted by atomic mass is 10.2. The Morgan fingerprint density at radius 2 is 1.82 bits per heavy atom. The molecule has 0 atom stereocenters. The number of nitriles is 1. The van der Waals surface area contributed by atoms with Crippen LogP contribution in [0.4, 0.5) is 38.5 Å². The van der Waals surface area contributed by atoms with Crippen molar-refractivity contribution in [2.24, 2.45) is 10.2 Å². The molecule has 2 rings (SSSR count). The molecule has 0 saturated heterocycles. The molecule has 0 aliphatic heterocycles. The third-order valence-corrected chi connectivity index (χ3v) is 4.53. The minimum atomic E-state index is -1.32. The monoisotopic (exact) mass is 473 g/mol. The number of halogens is 1. The largest absolute Gasteiger partial charge is 0.494 e. The molecule has 1 N–H and O–H groups in total. The molecule has 0 radical (unpaired) electrons. The Bertz CT molecular complexity index is 1190. The van der Waals surface area contributed by atoms with Gasteiger partial charge in [0.1, 0.15) is 11.4 Å². The highest BCUT2D eigenvalue weighted by Gasteiger charge is 2.25. The van der Waals surface area contributed by atoms with E-state index in [1.54, 1.807) is 6.07 Å². The number of carbonyl (C=O) groups is 1. The molecule has 2 aromatic carbocycles. The van der Waals surface area contributed by atoms with E-state index in [9.17, 15) is 29.4 Å². The van der Waals surface area contributed by atoms with E-state index in [0.29, 0.717) is 36.7 Å². The van der Waals surface area contributed by atoms with Gasteiger partial charge in [-0.1, -0.05) is 0 Å². The van der Waals surface area contributed by atoms with E-state index in [-0.39, 0.29) is 17.8 Å². The summed E-state index contributed by atoms with van der Waals surface area (Å²) >= 11 is 0. The molecule has 178 valence electrons. The number of azo groups is 1. The van der Waals surface area contributed by atoms with Gasteiger partial charge in [0.25, 0.3) is 0 Å². The van der Waals surface area contributed by atoms with Crippen LogP contribution in [0.1, 0.15) is 20.3 Å². The predicted molar refractivity (Wildman–Crippen MR) is 119 cm³/mol. The summed E-state index contributed by atoms with van der Waals surface area (Å²) in [5.74, 6) is -1.46. The average molecular weight is 473 g/mol. The fourth-order valence-electron chi connectivity index (χ4n) is 2.99. The van der Waals surface area contributed by atoms with Crippen LogP contribution in [0, 0.1) is 37.4 Å². The van der Waals surface area contributed by atoms with Gasteiger partial charge < -0.3 is 15.0 Å². The van der Waals surface area contributed by atoms with Gasteiger partial charge in [0.2, 0.25) is 11.7 Å². The van der Waals surface area contributed by atoms with Crippen molar-refractivity contribution < 1.29 is 23.8 Å². The van der Waals surface area contributed by atoms with Crippen LogP contribution in [0.5, 0.6) is 5.75 Å². The fraction of sp³-hybridized carbons (Fsp3) is 0.300. The van der Waals surface area contributed by atoms with Gasteiger partial charge in [0, 0.05) is 32.1 Å². The van der Waals surface area contributed by atoms with Crippen molar-refractivity contribution in [3.05, 3.63) is 50.3 Å². The van der Waals surface area contributed by atoms with E-state index < -0.39 is 38.6 Å². The Morgan fingerprint density at radius 1 is 1.18 bits per heavy atom. The summed E-state index contributed by atoms with van der Waals surface area (Å²) in [6.45, 7) is 4.03. The predicted octanol–water partition coefficient (Wildman–Crippen LogP) is 4.76. The van der Waals surface area contributed by atoms with Crippen molar-refractivity contribution in [1.82, 2.24) is 0 Å². The molecule has 0 saturated carbocycles. The lowest BCUT2D eigenvalue weighted by molar-refractivity contribution is -0.395. The van der Waals surface area contributed by atoms with Gasteiger partial charge in [0.05, 0.1) is 46.9 Å². The summed E-state index contributed by atoms with van der Waals surface area (Å²) in [4.78, 5) is 33.7. The molecular weight excluding hydrogens is 453 g/mol. The van der Waals surface area contributed by atoms with Gasteiger partial charge >= 0.3 is 11.4 Å². The van der Waals surface area contributed by atoms with Crippen LogP contribution in [-0.2, 0) is 4.79 Å². The number of nitro groups is 2. The van der Waals surface area contributed by atoms with Gasteiger partial charge in [0.15, 0.2) is 5.69 Å². The van der Waals surface area contributed by atoms with Gasteiger partial charge in [-0.15, -0.1) is 10.2 Å². The lowest BCUT2D eigenvalue weighted by Gasteiger charge is -2.25. The van der Waals surface area contributed by atoms with Crippen LogP contribution in [0.3, 0.4) is 0 Å². The molecule has 0 aliphatic rings. The number of nitrogens with zero attached hydrogens (tertiary/aromatic N) is 6. The summed E-state index contributed by atoms with van der Waals surface area (Å²) < 4.78 is 19.5. The Balaban J connectivity index is 2.64. The molecular formula is C20H20FN7O6. The number of rotatable bonds is 10. The molecule has 0 bridgehead atoms. The van der Waals surface area contributed by atoms with E-state index in [1.165, 1.54) is 20.1 Å². The van der Waals surface area contributed by atoms with Crippen molar-refractivity contribution in [3.8, 4) is 11.8 Å². The Morgan fingerprint density at radius 3 is 2.35 bits per heavy atom. The molecule has 14 heteroatoms. The molecule has 0 heterocycles. The van der Waals surface area contributed by atoms with Gasteiger partial charge in [-0.3, -0.25) is 25.0 Å². The number of benzene rings is 2. The highest BCUT2D eigenvalue weighted by atomic mass is 19.1. The minimum absolute atomic E-state index is 0.0280. The highest BCUT2D eigenvalue weighted by molar-refractivity contribution is 5.93. The van der Waals surface area contributed by atoms with Crippen LogP contribution < -0.4 is 15.0 Å². The molecule has 0 aliphatic carbocycles. The van der Waals surface area contributed by atoms with E-state index >= 15 is 0 Å². The van der Waals surface area contributed by atoms with Crippen molar-refractivity contribution >= 4 is 40.0 Å². The molecule has 0 spiro atoms. The third kappa shape index (κ3) is 5.97. The third-order valence-electron chi connectivity index (χ3n) is 4.53. The second-order valence-corrected chi connectivity index (χ2v) is 6.72. The van der Waals surface area contributed by atoms with Crippen molar-refractivity contribution in [2.75, 3.05) is 30.4 Å². The first kappa shape index (κ1) is 25.6. The zero-order valence-electron chi connectivity index (χ0n) is 18.4. The van der Waals surface area contributed by atoms with Crippen LogP contribution >= 0.6 is 0 Å². The number of methoxy groups -OCH3 is 1.